The molecule has 0 heterocycles. The first-order valence-electron chi connectivity index (χ1n) is 5.70. The fraction of sp³-hybridized carbons (Fsp3) is 0.462. The van der Waals surface area contributed by atoms with Crippen LogP contribution in [0.25, 0.3) is 0 Å². The minimum absolute atomic E-state index is 0.109. The van der Waals surface area contributed by atoms with Gasteiger partial charge in [-0.1, -0.05) is 30.3 Å². The monoisotopic (exact) mass is 238 g/mol. The second-order valence-electron chi connectivity index (χ2n) is 4.54. The van der Waals surface area contributed by atoms with Gasteiger partial charge in [0, 0.05) is 5.92 Å². The van der Waals surface area contributed by atoms with Crippen molar-refractivity contribution >= 4 is 5.97 Å². The van der Waals surface area contributed by atoms with Gasteiger partial charge in [-0.15, -0.1) is 0 Å². The number of benzene rings is 1. The van der Waals surface area contributed by atoms with Gasteiger partial charge >= 0.3 is 5.97 Å². The van der Waals surface area contributed by atoms with Crippen LogP contribution in [-0.4, -0.2) is 22.4 Å². The van der Waals surface area contributed by atoms with Gasteiger partial charge in [0.25, 0.3) is 0 Å². The van der Waals surface area contributed by atoms with Crippen LogP contribution in [0, 0.1) is 5.92 Å². The molecule has 1 aromatic rings. The third kappa shape index (κ3) is 2.05. The number of alkyl halides is 1. The molecule has 0 aliphatic heterocycles. The highest BCUT2D eigenvalue weighted by Crippen LogP contribution is 2.41. The summed E-state index contributed by atoms with van der Waals surface area (Å²) in [5.74, 6) is -1.86. The Morgan fingerprint density at radius 1 is 1.29 bits per heavy atom. The number of aliphatic carboxylic acids is 1. The van der Waals surface area contributed by atoms with Gasteiger partial charge in [-0.25, -0.2) is 9.18 Å². The van der Waals surface area contributed by atoms with Crippen LogP contribution in [0.2, 0.25) is 0 Å². The fourth-order valence-electron chi connectivity index (χ4n) is 2.53. The average Bonchev–Trinajstić information content (AvgIpc) is 2.76. The topological polar surface area (TPSA) is 57.5 Å². The zero-order valence-electron chi connectivity index (χ0n) is 9.34. The highest BCUT2D eigenvalue weighted by atomic mass is 19.1. The summed E-state index contributed by atoms with van der Waals surface area (Å²) in [5.41, 5.74) is -1.64. The molecule has 4 heteroatoms. The molecule has 1 saturated carbocycles. The number of rotatable bonds is 3. The number of halogens is 1. The van der Waals surface area contributed by atoms with E-state index in [0.29, 0.717) is 18.4 Å². The molecule has 0 aromatic heterocycles. The molecule has 2 N–H and O–H groups in total. The predicted octanol–water partition coefficient (Wildman–Crippen LogP) is 2.10. The number of hydrogen-bond acceptors (Lipinski definition) is 2. The van der Waals surface area contributed by atoms with Crippen molar-refractivity contribution in [2.24, 2.45) is 5.92 Å². The van der Waals surface area contributed by atoms with Crippen molar-refractivity contribution < 1.29 is 19.4 Å². The number of hydrogen-bond donors (Lipinski definition) is 2. The van der Waals surface area contributed by atoms with Crippen molar-refractivity contribution in [3.05, 3.63) is 35.9 Å². The van der Waals surface area contributed by atoms with Crippen molar-refractivity contribution in [2.75, 3.05) is 0 Å². The SMILES string of the molecule is O=C(O)[C@](O)(c1ccccc1)[C@H]1CCC(F)C1. The molecule has 1 unspecified atom stereocenters. The van der Waals surface area contributed by atoms with Crippen molar-refractivity contribution in [3.63, 3.8) is 0 Å². The van der Waals surface area contributed by atoms with E-state index in [1.165, 1.54) is 0 Å². The summed E-state index contributed by atoms with van der Waals surface area (Å²) in [6.07, 6.45) is -0.168. The Morgan fingerprint density at radius 2 is 1.94 bits per heavy atom. The first-order valence-corrected chi connectivity index (χ1v) is 5.70. The third-order valence-corrected chi connectivity index (χ3v) is 3.50. The quantitative estimate of drug-likeness (QED) is 0.847. The van der Waals surface area contributed by atoms with E-state index in [4.69, 9.17) is 0 Å². The zero-order chi connectivity index (χ0) is 12.5. The fourth-order valence-corrected chi connectivity index (χ4v) is 2.53. The van der Waals surface area contributed by atoms with Crippen LogP contribution in [0.4, 0.5) is 4.39 Å². The van der Waals surface area contributed by atoms with E-state index in [1.54, 1.807) is 30.3 Å². The lowest BCUT2D eigenvalue weighted by molar-refractivity contribution is -0.166. The molecule has 3 atom stereocenters. The Kier molecular flexibility index (Phi) is 3.15. The van der Waals surface area contributed by atoms with Crippen LogP contribution in [0.3, 0.4) is 0 Å². The summed E-state index contributed by atoms with van der Waals surface area (Å²) >= 11 is 0. The molecular weight excluding hydrogens is 223 g/mol. The summed E-state index contributed by atoms with van der Waals surface area (Å²) in [6, 6.07) is 8.23. The van der Waals surface area contributed by atoms with Gasteiger partial charge in [0.05, 0.1) is 0 Å². The summed E-state index contributed by atoms with van der Waals surface area (Å²) < 4.78 is 13.2. The first-order chi connectivity index (χ1) is 8.05. The van der Waals surface area contributed by atoms with Gasteiger partial charge in [0.15, 0.2) is 5.60 Å². The Morgan fingerprint density at radius 3 is 2.41 bits per heavy atom. The smallest absolute Gasteiger partial charge is 0.340 e. The molecule has 0 radical (unpaired) electrons. The third-order valence-electron chi connectivity index (χ3n) is 3.50. The maximum Gasteiger partial charge on any atom is 0.340 e. The van der Waals surface area contributed by atoms with E-state index < -0.39 is 23.7 Å². The van der Waals surface area contributed by atoms with E-state index in [-0.39, 0.29) is 6.42 Å². The van der Waals surface area contributed by atoms with E-state index in [9.17, 15) is 19.4 Å². The highest BCUT2D eigenvalue weighted by Gasteiger charge is 2.48. The molecule has 0 bridgehead atoms. The maximum atomic E-state index is 13.2. The van der Waals surface area contributed by atoms with Gasteiger partial charge in [0.1, 0.15) is 6.17 Å². The van der Waals surface area contributed by atoms with Crippen LogP contribution in [0.5, 0.6) is 0 Å². The molecule has 2 rings (SSSR count). The Labute approximate surface area is 98.9 Å². The van der Waals surface area contributed by atoms with Crippen LogP contribution in [0.1, 0.15) is 24.8 Å². The first kappa shape index (κ1) is 12.0. The van der Waals surface area contributed by atoms with Gasteiger partial charge in [-0.05, 0) is 24.8 Å². The maximum absolute atomic E-state index is 13.2. The molecule has 1 fully saturated rings. The van der Waals surface area contributed by atoms with Crippen LogP contribution in [-0.2, 0) is 10.4 Å². The van der Waals surface area contributed by atoms with E-state index in [1.807, 2.05) is 0 Å². The average molecular weight is 238 g/mol. The number of aliphatic hydroxyl groups is 1. The lowest BCUT2D eigenvalue weighted by Gasteiger charge is -2.30. The van der Waals surface area contributed by atoms with E-state index in [0.717, 1.165) is 0 Å². The van der Waals surface area contributed by atoms with Crippen LogP contribution < -0.4 is 0 Å². The Balaban J connectivity index is 2.37. The minimum Gasteiger partial charge on any atom is -0.479 e. The molecule has 17 heavy (non-hydrogen) atoms. The molecule has 0 saturated heterocycles. The standard InChI is InChI=1S/C13H15FO3/c14-11-7-6-10(8-11)13(17,12(15)16)9-4-2-1-3-5-9/h1-5,10-11,17H,6-8H2,(H,15,16)/t10-,11?,13-/m0/s1. The molecule has 0 spiro atoms. The summed E-state index contributed by atoms with van der Waals surface area (Å²) in [7, 11) is 0. The van der Waals surface area contributed by atoms with Crippen LogP contribution >= 0.6 is 0 Å². The summed E-state index contributed by atoms with van der Waals surface area (Å²) in [5, 5.41) is 19.7. The Bertz CT molecular complexity index is 406. The second-order valence-corrected chi connectivity index (χ2v) is 4.54. The molecule has 0 amide bonds. The normalized spacial score (nSPS) is 27.6. The molecule has 3 nitrogen and oxygen atoms in total. The molecule has 1 aliphatic carbocycles. The van der Waals surface area contributed by atoms with Crippen molar-refractivity contribution in [2.45, 2.75) is 31.0 Å². The summed E-state index contributed by atoms with van der Waals surface area (Å²) in [6.45, 7) is 0. The van der Waals surface area contributed by atoms with E-state index in [2.05, 4.69) is 0 Å². The molecule has 1 aromatic carbocycles. The van der Waals surface area contributed by atoms with Crippen LogP contribution in [0.15, 0.2) is 30.3 Å². The van der Waals surface area contributed by atoms with Crippen molar-refractivity contribution in [1.29, 1.82) is 0 Å². The number of carboxylic acids is 1. The number of carbonyl (C=O) groups is 1. The highest BCUT2D eigenvalue weighted by molar-refractivity contribution is 5.79. The largest absolute Gasteiger partial charge is 0.479 e. The molecular formula is C13H15FO3. The number of carboxylic acid groups (broad SMARTS) is 1. The van der Waals surface area contributed by atoms with Gasteiger partial charge in [-0.2, -0.15) is 0 Å². The lowest BCUT2D eigenvalue weighted by atomic mass is 9.80. The van der Waals surface area contributed by atoms with Crippen molar-refractivity contribution in [3.8, 4) is 0 Å². The molecule has 92 valence electrons. The van der Waals surface area contributed by atoms with Gasteiger partial charge in [0.2, 0.25) is 0 Å². The predicted molar refractivity (Wildman–Crippen MR) is 60.2 cm³/mol. The zero-order valence-corrected chi connectivity index (χ0v) is 9.34. The summed E-state index contributed by atoms with van der Waals surface area (Å²) in [4.78, 5) is 11.3. The van der Waals surface area contributed by atoms with Gasteiger partial charge < -0.3 is 10.2 Å². The lowest BCUT2D eigenvalue weighted by Crippen LogP contribution is -2.42. The minimum atomic E-state index is -1.97. The second kappa shape index (κ2) is 4.45. The molecule has 1 aliphatic rings. The van der Waals surface area contributed by atoms with Gasteiger partial charge in [-0.3, -0.25) is 0 Å². The van der Waals surface area contributed by atoms with E-state index >= 15 is 0 Å². The van der Waals surface area contributed by atoms with Crippen molar-refractivity contribution in [1.82, 2.24) is 0 Å². The Hall–Kier alpha value is -1.42.